The summed E-state index contributed by atoms with van der Waals surface area (Å²) >= 11 is 0. The Morgan fingerprint density at radius 1 is 1.53 bits per heavy atom. The lowest BCUT2D eigenvalue weighted by atomic mass is 10.1. The minimum Gasteiger partial charge on any atom is -0.356 e. The Morgan fingerprint density at radius 3 is 3.18 bits per heavy atom. The van der Waals surface area contributed by atoms with Gasteiger partial charge < -0.3 is 15.2 Å². The fraction of sp³-hybridized carbons (Fsp3) is 0.545. The Kier molecular flexibility index (Phi) is 2.44. The first kappa shape index (κ1) is 10.5. The van der Waals surface area contributed by atoms with Crippen molar-refractivity contribution in [2.45, 2.75) is 13.3 Å². The van der Waals surface area contributed by atoms with Gasteiger partial charge in [0.15, 0.2) is 0 Å². The van der Waals surface area contributed by atoms with Crippen LogP contribution in [0.15, 0.2) is 10.9 Å². The van der Waals surface area contributed by atoms with Gasteiger partial charge >= 0.3 is 0 Å². The van der Waals surface area contributed by atoms with Crippen LogP contribution in [0.1, 0.15) is 12.1 Å². The summed E-state index contributed by atoms with van der Waals surface area (Å²) in [7, 11) is 0. The van der Waals surface area contributed by atoms with E-state index < -0.39 is 0 Å². The van der Waals surface area contributed by atoms with E-state index >= 15 is 0 Å². The quantitative estimate of drug-likeness (QED) is 0.822. The predicted octanol–water partition coefficient (Wildman–Crippen LogP) is 0.711. The molecule has 1 saturated heterocycles. The van der Waals surface area contributed by atoms with Crippen molar-refractivity contribution >= 4 is 16.9 Å². The molecule has 1 aliphatic rings. The van der Waals surface area contributed by atoms with Crippen LogP contribution >= 0.6 is 0 Å². The van der Waals surface area contributed by atoms with Gasteiger partial charge in [-0.15, -0.1) is 0 Å². The number of aromatic nitrogens is 3. The van der Waals surface area contributed by atoms with Crippen LogP contribution in [-0.4, -0.2) is 34.8 Å². The van der Waals surface area contributed by atoms with Crippen LogP contribution in [-0.2, 0) is 0 Å². The smallest absolute Gasteiger partial charge is 0.263 e. The van der Waals surface area contributed by atoms with Crippen molar-refractivity contribution in [1.29, 1.82) is 0 Å². The molecule has 1 unspecified atom stereocenters. The Labute approximate surface area is 98.8 Å². The van der Waals surface area contributed by atoms with E-state index in [9.17, 15) is 0 Å². The second-order valence-electron chi connectivity index (χ2n) is 4.48. The summed E-state index contributed by atoms with van der Waals surface area (Å²) in [6, 6.07) is 0. The van der Waals surface area contributed by atoms with E-state index in [-0.39, 0.29) is 0 Å². The number of aryl methyl sites for hydroxylation is 1. The van der Waals surface area contributed by atoms with E-state index in [0.29, 0.717) is 11.6 Å². The molecular weight excluding hydrogens is 218 g/mol. The van der Waals surface area contributed by atoms with Gasteiger partial charge in [0, 0.05) is 13.1 Å². The van der Waals surface area contributed by atoms with Gasteiger partial charge in [0.25, 0.3) is 5.71 Å². The van der Waals surface area contributed by atoms with Crippen molar-refractivity contribution < 1.29 is 4.52 Å². The van der Waals surface area contributed by atoms with Crippen molar-refractivity contribution in [3.63, 3.8) is 0 Å². The van der Waals surface area contributed by atoms with Crippen LogP contribution in [0.5, 0.6) is 0 Å². The van der Waals surface area contributed by atoms with Gasteiger partial charge in [0.1, 0.15) is 17.5 Å². The topological polar surface area (TPSA) is 81.1 Å². The van der Waals surface area contributed by atoms with E-state index in [4.69, 9.17) is 10.3 Å². The van der Waals surface area contributed by atoms with Crippen LogP contribution in [0.2, 0.25) is 0 Å². The SMILES string of the molecule is Cc1noc2ncnc(N3CCC(CN)C3)c12. The van der Waals surface area contributed by atoms with Crippen molar-refractivity contribution in [1.82, 2.24) is 15.1 Å². The lowest BCUT2D eigenvalue weighted by Gasteiger charge is -2.17. The summed E-state index contributed by atoms with van der Waals surface area (Å²) < 4.78 is 5.15. The van der Waals surface area contributed by atoms with Gasteiger partial charge in [0.2, 0.25) is 0 Å². The minimum atomic E-state index is 0.556. The summed E-state index contributed by atoms with van der Waals surface area (Å²) in [6.45, 7) is 4.58. The third kappa shape index (κ3) is 1.64. The molecule has 0 aliphatic carbocycles. The van der Waals surface area contributed by atoms with Gasteiger partial charge in [-0.3, -0.25) is 0 Å². The number of hydrogen-bond donors (Lipinski definition) is 1. The first-order chi connectivity index (χ1) is 8.29. The molecule has 0 bridgehead atoms. The molecule has 0 aromatic carbocycles. The second kappa shape index (κ2) is 3.96. The van der Waals surface area contributed by atoms with Gasteiger partial charge in [0.05, 0.1) is 5.69 Å². The van der Waals surface area contributed by atoms with Crippen LogP contribution in [0.3, 0.4) is 0 Å². The van der Waals surface area contributed by atoms with Crippen molar-refractivity contribution in [2.24, 2.45) is 11.7 Å². The van der Waals surface area contributed by atoms with Gasteiger partial charge in [-0.25, -0.2) is 4.98 Å². The highest BCUT2D eigenvalue weighted by Crippen LogP contribution is 2.29. The molecule has 2 N–H and O–H groups in total. The zero-order valence-electron chi connectivity index (χ0n) is 9.76. The molecule has 1 aliphatic heterocycles. The second-order valence-corrected chi connectivity index (χ2v) is 4.48. The number of nitrogens with zero attached hydrogens (tertiary/aromatic N) is 4. The first-order valence-electron chi connectivity index (χ1n) is 5.81. The lowest BCUT2D eigenvalue weighted by molar-refractivity contribution is 0.442. The van der Waals surface area contributed by atoms with E-state index in [0.717, 1.165) is 43.0 Å². The maximum Gasteiger partial charge on any atom is 0.263 e. The summed E-state index contributed by atoms with van der Waals surface area (Å²) in [5, 5.41) is 4.86. The Balaban J connectivity index is 2.03. The Hall–Kier alpha value is -1.69. The highest BCUT2D eigenvalue weighted by Gasteiger charge is 2.25. The number of hydrogen-bond acceptors (Lipinski definition) is 6. The van der Waals surface area contributed by atoms with E-state index in [2.05, 4.69) is 20.0 Å². The molecule has 2 aromatic rings. The molecule has 0 saturated carbocycles. The normalized spacial score (nSPS) is 20.4. The van der Waals surface area contributed by atoms with Crippen LogP contribution in [0.25, 0.3) is 11.1 Å². The van der Waals surface area contributed by atoms with Crippen molar-refractivity contribution in [2.75, 3.05) is 24.5 Å². The molecule has 3 heterocycles. The molecule has 1 atom stereocenters. The van der Waals surface area contributed by atoms with Crippen LogP contribution in [0.4, 0.5) is 5.82 Å². The van der Waals surface area contributed by atoms with E-state index in [1.54, 1.807) is 0 Å². The van der Waals surface area contributed by atoms with Crippen LogP contribution < -0.4 is 10.6 Å². The van der Waals surface area contributed by atoms with Gasteiger partial charge in [-0.05, 0) is 25.8 Å². The molecule has 3 rings (SSSR count). The molecule has 6 heteroatoms. The monoisotopic (exact) mass is 233 g/mol. The maximum atomic E-state index is 5.71. The summed E-state index contributed by atoms with van der Waals surface area (Å²) in [4.78, 5) is 10.7. The highest BCUT2D eigenvalue weighted by atomic mass is 16.5. The molecule has 17 heavy (non-hydrogen) atoms. The number of fused-ring (bicyclic) bond motifs is 1. The zero-order valence-corrected chi connectivity index (χ0v) is 9.76. The number of anilines is 1. The standard InChI is InChI=1S/C11H15N5O/c1-7-9-10(13-6-14-11(9)17-15-7)16-3-2-8(4-12)5-16/h6,8H,2-5,12H2,1H3. The highest BCUT2D eigenvalue weighted by molar-refractivity contribution is 5.87. The minimum absolute atomic E-state index is 0.556. The molecule has 0 amide bonds. The predicted molar refractivity (Wildman–Crippen MR) is 63.7 cm³/mol. The molecule has 0 spiro atoms. The average molecular weight is 233 g/mol. The zero-order chi connectivity index (χ0) is 11.8. The third-order valence-electron chi connectivity index (χ3n) is 3.34. The number of rotatable bonds is 2. The molecule has 0 radical (unpaired) electrons. The molecule has 2 aromatic heterocycles. The van der Waals surface area contributed by atoms with E-state index in [1.807, 2.05) is 6.92 Å². The van der Waals surface area contributed by atoms with Gasteiger partial charge in [-0.2, -0.15) is 4.98 Å². The fourth-order valence-electron chi connectivity index (χ4n) is 2.36. The molecule has 1 fully saturated rings. The lowest BCUT2D eigenvalue weighted by Crippen LogP contribution is -2.23. The summed E-state index contributed by atoms with van der Waals surface area (Å²) in [5.41, 5.74) is 7.10. The molecular formula is C11H15N5O. The molecule has 6 nitrogen and oxygen atoms in total. The number of nitrogens with two attached hydrogens (primary N) is 1. The maximum absolute atomic E-state index is 5.71. The van der Waals surface area contributed by atoms with Crippen molar-refractivity contribution in [3.8, 4) is 0 Å². The Bertz CT molecular complexity index is 538. The molecule has 90 valence electrons. The summed E-state index contributed by atoms with van der Waals surface area (Å²) in [6.07, 6.45) is 2.64. The van der Waals surface area contributed by atoms with Gasteiger partial charge in [-0.1, -0.05) is 5.16 Å². The van der Waals surface area contributed by atoms with E-state index in [1.165, 1.54) is 6.33 Å². The largest absolute Gasteiger partial charge is 0.356 e. The average Bonchev–Trinajstić information content (AvgIpc) is 2.96. The summed E-state index contributed by atoms with van der Waals surface area (Å²) in [5.74, 6) is 1.48. The third-order valence-corrected chi connectivity index (χ3v) is 3.34. The Morgan fingerprint density at radius 2 is 2.41 bits per heavy atom. The van der Waals surface area contributed by atoms with Crippen molar-refractivity contribution in [3.05, 3.63) is 12.0 Å². The first-order valence-corrected chi connectivity index (χ1v) is 5.81. The fourth-order valence-corrected chi connectivity index (χ4v) is 2.36. The van der Waals surface area contributed by atoms with Crippen LogP contribution in [0, 0.1) is 12.8 Å².